The lowest BCUT2D eigenvalue weighted by atomic mass is 10.2. The second kappa shape index (κ2) is 4.42. The van der Waals surface area contributed by atoms with Crippen LogP contribution in [0.25, 0.3) is 0 Å². The first kappa shape index (κ1) is 9.48. The van der Waals surface area contributed by atoms with Crippen LogP contribution in [0.4, 0.5) is 0 Å². The van der Waals surface area contributed by atoms with Crippen molar-refractivity contribution < 1.29 is 19.4 Å². The van der Waals surface area contributed by atoms with Crippen LogP contribution in [0.1, 0.15) is 26.2 Å². The van der Waals surface area contributed by atoms with Crippen LogP contribution in [0.3, 0.4) is 0 Å². The molecule has 4 nitrogen and oxygen atoms in total. The van der Waals surface area contributed by atoms with Crippen molar-refractivity contribution in [3.63, 3.8) is 0 Å². The van der Waals surface area contributed by atoms with E-state index in [4.69, 9.17) is 9.47 Å². The zero-order valence-electron chi connectivity index (χ0n) is 7.12. The normalized spacial score (nSPS) is 26.6. The Morgan fingerprint density at radius 2 is 2.42 bits per heavy atom. The first-order valence-corrected chi connectivity index (χ1v) is 4.18. The zero-order valence-corrected chi connectivity index (χ0v) is 7.12. The quantitative estimate of drug-likeness (QED) is 0.586. The summed E-state index contributed by atoms with van der Waals surface area (Å²) in [7, 11) is 0. The van der Waals surface area contributed by atoms with Crippen molar-refractivity contribution in [1.29, 1.82) is 0 Å². The highest BCUT2D eigenvalue weighted by molar-refractivity contribution is 5.69. The Kier molecular flexibility index (Phi) is 3.49. The summed E-state index contributed by atoms with van der Waals surface area (Å²) in [6.45, 7) is 2.11. The van der Waals surface area contributed by atoms with Crippen LogP contribution in [0, 0.1) is 0 Å². The third-order valence-corrected chi connectivity index (χ3v) is 1.83. The highest BCUT2D eigenvalue weighted by Gasteiger charge is 2.17. The summed E-state index contributed by atoms with van der Waals surface area (Å²) in [5, 5.41) is 10.3. The van der Waals surface area contributed by atoms with Crippen molar-refractivity contribution in [1.82, 2.24) is 0 Å². The second-order valence-corrected chi connectivity index (χ2v) is 2.89. The van der Waals surface area contributed by atoms with Crippen molar-refractivity contribution >= 4 is 5.97 Å². The molecule has 0 amide bonds. The topological polar surface area (TPSA) is 58.6 Å². The Hall–Kier alpha value is -0.610. The fraction of sp³-hybridized carbons (Fsp3) is 0.875. The van der Waals surface area contributed by atoms with E-state index in [1.54, 1.807) is 0 Å². The zero-order chi connectivity index (χ0) is 8.97. The average molecular weight is 173 g/mol. The predicted molar refractivity (Wildman–Crippen MR) is 39.1 cm³/mol. The Morgan fingerprint density at radius 1 is 1.67 bits per heavy atom. The maximum absolute atomic E-state index is 10.3. The number of carboxylic acids is 1. The number of aliphatic carboxylic acids is 1. The van der Waals surface area contributed by atoms with Crippen molar-refractivity contribution in [2.45, 2.75) is 38.6 Å². The van der Waals surface area contributed by atoms with Crippen LogP contribution in [0.2, 0.25) is 0 Å². The summed E-state index contributed by atoms with van der Waals surface area (Å²) in [6.07, 6.45) is 1.60. The van der Waals surface area contributed by atoms with Gasteiger partial charge in [0.2, 0.25) is 0 Å². The molecule has 0 spiro atoms. The molecule has 1 rings (SSSR count). The maximum atomic E-state index is 10.3. The summed E-state index contributed by atoms with van der Waals surface area (Å²) >= 11 is 0. The van der Waals surface area contributed by atoms with E-state index in [0.29, 0.717) is 6.61 Å². The number of carbonyl (C=O) groups excluding carboxylic acids is 1. The van der Waals surface area contributed by atoms with Crippen LogP contribution < -0.4 is 5.11 Å². The third-order valence-electron chi connectivity index (χ3n) is 1.83. The van der Waals surface area contributed by atoms with E-state index in [-0.39, 0.29) is 6.29 Å². The summed E-state index contributed by atoms with van der Waals surface area (Å²) in [4.78, 5) is 10.3. The first-order valence-electron chi connectivity index (χ1n) is 4.18. The molecule has 0 radical (unpaired) electrons. The van der Waals surface area contributed by atoms with E-state index in [2.05, 4.69) is 0 Å². The van der Waals surface area contributed by atoms with Crippen molar-refractivity contribution in [2.75, 3.05) is 6.61 Å². The lowest BCUT2D eigenvalue weighted by molar-refractivity contribution is -0.323. The molecule has 1 unspecified atom stereocenters. The predicted octanol–water partition coefficient (Wildman–Crippen LogP) is -0.332. The van der Waals surface area contributed by atoms with Crippen molar-refractivity contribution in [3.05, 3.63) is 0 Å². The molecule has 0 aliphatic carbocycles. The molecule has 0 aromatic heterocycles. The number of hydrogen-bond acceptors (Lipinski definition) is 4. The molecule has 1 aliphatic heterocycles. The minimum absolute atomic E-state index is 0.355. The lowest BCUT2D eigenvalue weighted by Crippen LogP contribution is -2.39. The minimum atomic E-state index is -1.19. The van der Waals surface area contributed by atoms with Gasteiger partial charge in [-0.2, -0.15) is 0 Å². The fourth-order valence-corrected chi connectivity index (χ4v) is 1.10. The van der Waals surface area contributed by atoms with Gasteiger partial charge in [0.05, 0.1) is 12.1 Å². The number of carbonyl (C=O) groups is 1. The summed E-state index contributed by atoms with van der Waals surface area (Å²) < 4.78 is 10.3. The van der Waals surface area contributed by atoms with Crippen molar-refractivity contribution in [2.24, 2.45) is 0 Å². The number of carboxylic acid groups (broad SMARTS) is 1. The Bertz CT molecular complexity index is 151. The first-order chi connectivity index (χ1) is 5.70. The van der Waals surface area contributed by atoms with Crippen LogP contribution in [0.15, 0.2) is 0 Å². The molecular formula is C8H13O4-. The molecule has 0 bridgehead atoms. The molecule has 1 heterocycles. The number of ether oxygens (including phenoxy) is 2. The molecule has 0 aromatic carbocycles. The van der Waals surface area contributed by atoms with Gasteiger partial charge in [0.15, 0.2) is 6.29 Å². The van der Waals surface area contributed by atoms with Gasteiger partial charge in [0.1, 0.15) is 0 Å². The van der Waals surface area contributed by atoms with Gasteiger partial charge in [-0.05, 0) is 26.2 Å². The lowest BCUT2D eigenvalue weighted by Gasteiger charge is -2.26. The molecule has 0 saturated carbocycles. The van der Waals surface area contributed by atoms with Gasteiger partial charge in [-0.25, -0.2) is 0 Å². The molecular weight excluding hydrogens is 160 g/mol. The molecule has 2 atom stereocenters. The van der Waals surface area contributed by atoms with Crippen LogP contribution in [0.5, 0.6) is 0 Å². The van der Waals surface area contributed by atoms with Crippen LogP contribution >= 0.6 is 0 Å². The van der Waals surface area contributed by atoms with E-state index in [9.17, 15) is 9.90 Å². The second-order valence-electron chi connectivity index (χ2n) is 2.89. The molecule has 70 valence electrons. The largest absolute Gasteiger partial charge is 0.547 e. The minimum Gasteiger partial charge on any atom is -0.547 e. The molecule has 12 heavy (non-hydrogen) atoms. The Labute approximate surface area is 71.5 Å². The smallest absolute Gasteiger partial charge is 0.158 e. The number of hydrogen-bond donors (Lipinski definition) is 0. The molecule has 1 fully saturated rings. The monoisotopic (exact) mass is 173 g/mol. The van der Waals surface area contributed by atoms with Gasteiger partial charge in [0, 0.05) is 6.61 Å². The molecule has 4 heteroatoms. The maximum Gasteiger partial charge on any atom is 0.158 e. The van der Waals surface area contributed by atoms with E-state index < -0.39 is 12.1 Å². The molecule has 1 saturated heterocycles. The fourth-order valence-electron chi connectivity index (χ4n) is 1.10. The average Bonchev–Trinajstić information content (AvgIpc) is 2.06. The van der Waals surface area contributed by atoms with Gasteiger partial charge < -0.3 is 19.4 Å². The van der Waals surface area contributed by atoms with Gasteiger partial charge in [0.25, 0.3) is 0 Å². The van der Waals surface area contributed by atoms with Crippen LogP contribution in [-0.4, -0.2) is 25.0 Å². The van der Waals surface area contributed by atoms with E-state index in [1.807, 2.05) is 0 Å². The van der Waals surface area contributed by atoms with Crippen molar-refractivity contribution in [3.8, 4) is 0 Å². The highest BCUT2D eigenvalue weighted by Crippen LogP contribution is 2.14. The molecule has 0 N–H and O–H groups in total. The van der Waals surface area contributed by atoms with Gasteiger partial charge in [-0.1, -0.05) is 0 Å². The number of rotatable bonds is 3. The van der Waals surface area contributed by atoms with E-state index in [1.165, 1.54) is 6.92 Å². The Morgan fingerprint density at radius 3 is 2.92 bits per heavy atom. The van der Waals surface area contributed by atoms with Gasteiger partial charge in [-0.15, -0.1) is 0 Å². The molecule has 0 aromatic rings. The van der Waals surface area contributed by atoms with Gasteiger partial charge >= 0.3 is 0 Å². The van der Waals surface area contributed by atoms with E-state index in [0.717, 1.165) is 19.3 Å². The third kappa shape index (κ3) is 2.79. The summed E-state index contributed by atoms with van der Waals surface area (Å²) in [6, 6.07) is 0. The highest BCUT2D eigenvalue weighted by atomic mass is 16.7. The van der Waals surface area contributed by atoms with Gasteiger partial charge in [-0.3, -0.25) is 0 Å². The summed E-state index contributed by atoms with van der Waals surface area (Å²) in [5.74, 6) is -1.19. The SMILES string of the molecule is C[C@@H](OC1CCCCO1)C(=O)[O-]. The van der Waals surface area contributed by atoms with Crippen LogP contribution in [-0.2, 0) is 14.3 Å². The molecule has 1 aliphatic rings. The summed E-state index contributed by atoms with van der Waals surface area (Å²) in [5.41, 5.74) is 0. The Balaban J connectivity index is 2.24. The van der Waals surface area contributed by atoms with E-state index >= 15 is 0 Å². The standard InChI is InChI=1S/C8H14O4/c1-6(8(9)10)12-7-4-2-3-5-11-7/h6-7H,2-5H2,1H3,(H,9,10)/p-1/t6-,7?/m1/s1.